The fourth-order valence-corrected chi connectivity index (χ4v) is 3.91. The van der Waals surface area contributed by atoms with Gasteiger partial charge in [0.2, 0.25) is 5.91 Å². The summed E-state index contributed by atoms with van der Waals surface area (Å²) in [5.41, 5.74) is 1.14. The highest BCUT2D eigenvalue weighted by Gasteiger charge is 2.28. The van der Waals surface area contributed by atoms with Crippen LogP contribution in [0.4, 0.5) is 0 Å². The number of guanidine groups is 1. The first kappa shape index (κ1) is 21.9. The number of nitrogens with zero attached hydrogens (tertiary/aromatic N) is 5. The van der Waals surface area contributed by atoms with Crippen molar-refractivity contribution in [1.82, 2.24) is 24.7 Å². The number of piperidine rings is 1. The molecule has 7 nitrogen and oxygen atoms in total. The van der Waals surface area contributed by atoms with Gasteiger partial charge in [-0.05, 0) is 24.8 Å². The van der Waals surface area contributed by atoms with Gasteiger partial charge in [0, 0.05) is 52.0 Å². The maximum Gasteiger partial charge on any atom is 0.224 e. The second kappa shape index (κ2) is 10.8. The van der Waals surface area contributed by atoms with Gasteiger partial charge in [-0.15, -0.1) is 0 Å². The summed E-state index contributed by atoms with van der Waals surface area (Å²) in [5.74, 6) is 1.60. The lowest BCUT2D eigenvalue weighted by Gasteiger charge is -2.39. The highest BCUT2D eigenvalue weighted by Crippen LogP contribution is 2.27. The van der Waals surface area contributed by atoms with Crippen LogP contribution >= 0.6 is 0 Å². The highest BCUT2D eigenvalue weighted by atomic mass is 16.2. The first-order valence-electron chi connectivity index (χ1n) is 10.9. The Labute approximate surface area is 179 Å². The Morgan fingerprint density at radius 2 is 2.13 bits per heavy atom. The van der Waals surface area contributed by atoms with E-state index in [2.05, 4.69) is 33.6 Å². The van der Waals surface area contributed by atoms with E-state index < -0.39 is 0 Å². The number of carbonyl (C=O) groups excluding carboxylic acids is 1. The van der Waals surface area contributed by atoms with Gasteiger partial charge in [0.1, 0.15) is 0 Å². The fourth-order valence-electron chi connectivity index (χ4n) is 3.91. The molecule has 1 amide bonds. The zero-order valence-corrected chi connectivity index (χ0v) is 18.4. The summed E-state index contributed by atoms with van der Waals surface area (Å²) >= 11 is 0. The molecule has 1 saturated heterocycles. The van der Waals surface area contributed by atoms with Crippen molar-refractivity contribution >= 4 is 11.9 Å². The van der Waals surface area contributed by atoms with E-state index in [0.717, 1.165) is 37.6 Å². The monoisotopic (exact) mass is 410 g/mol. The predicted molar refractivity (Wildman–Crippen MR) is 120 cm³/mol. The van der Waals surface area contributed by atoms with Crippen molar-refractivity contribution < 1.29 is 4.79 Å². The van der Waals surface area contributed by atoms with Gasteiger partial charge in [-0.3, -0.25) is 9.79 Å². The molecule has 1 N–H and O–H groups in total. The van der Waals surface area contributed by atoms with Crippen molar-refractivity contribution in [3.05, 3.63) is 54.6 Å². The van der Waals surface area contributed by atoms with E-state index in [0.29, 0.717) is 31.5 Å². The van der Waals surface area contributed by atoms with E-state index in [1.807, 2.05) is 56.1 Å². The summed E-state index contributed by atoms with van der Waals surface area (Å²) in [7, 11) is 1.85. The van der Waals surface area contributed by atoms with Crippen molar-refractivity contribution in [1.29, 1.82) is 0 Å². The van der Waals surface area contributed by atoms with Gasteiger partial charge >= 0.3 is 0 Å². The summed E-state index contributed by atoms with van der Waals surface area (Å²) < 4.78 is 2.20. The summed E-state index contributed by atoms with van der Waals surface area (Å²) in [6.07, 6.45) is 7.29. The molecular formula is C23H34N6O. The topological polar surface area (TPSA) is 65.8 Å². The van der Waals surface area contributed by atoms with Gasteiger partial charge < -0.3 is 19.7 Å². The van der Waals surface area contributed by atoms with Crippen LogP contribution in [-0.2, 0) is 11.3 Å². The zero-order valence-electron chi connectivity index (χ0n) is 18.4. The molecule has 1 aliphatic heterocycles. The van der Waals surface area contributed by atoms with Crippen LogP contribution in [0.25, 0.3) is 0 Å². The third-order valence-corrected chi connectivity index (χ3v) is 5.74. The molecule has 1 aromatic heterocycles. The molecule has 2 aromatic rings. The average Bonchev–Trinajstić information content (AvgIpc) is 3.29. The van der Waals surface area contributed by atoms with Crippen LogP contribution in [0.1, 0.15) is 38.3 Å². The van der Waals surface area contributed by atoms with Gasteiger partial charge in [0.05, 0.1) is 18.9 Å². The third-order valence-electron chi connectivity index (χ3n) is 5.74. The Balaban J connectivity index is 1.56. The van der Waals surface area contributed by atoms with Crippen molar-refractivity contribution in [3.8, 4) is 0 Å². The van der Waals surface area contributed by atoms with Gasteiger partial charge in [-0.25, -0.2) is 4.98 Å². The van der Waals surface area contributed by atoms with E-state index in [1.165, 1.54) is 0 Å². The van der Waals surface area contributed by atoms with Crippen LogP contribution in [0.5, 0.6) is 0 Å². The van der Waals surface area contributed by atoms with Crippen molar-refractivity contribution in [2.24, 2.45) is 10.9 Å². The van der Waals surface area contributed by atoms with Crippen molar-refractivity contribution in [3.63, 3.8) is 0 Å². The largest absolute Gasteiger partial charge is 0.357 e. The van der Waals surface area contributed by atoms with Crippen molar-refractivity contribution in [2.75, 3.05) is 33.2 Å². The summed E-state index contributed by atoms with van der Waals surface area (Å²) in [5, 5.41) is 3.40. The fraction of sp³-hybridized carbons (Fsp3) is 0.522. The van der Waals surface area contributed by atoms with Gasteiger partial charge in [-0.1, -0.05) is 37.3 Å². The highest BCUT2D eigenvalue weighted by molar-refractivity contribution is 5.81. The van der Waals surface area contributed by atoms with E-state index >= 15 is 0 Å². The maximum atomic E-state index is 12.5. The minimum atomic E-state index is 0.113. The molecule has 3 rings (SSSR count). The van der Waals surface area contributed by atoms with E-state index in [4.69, 9.17) is 4.99 Å². The SMILES string of the molecule is CCNC(=NCCC(=O)N(C)Cc1ccccc1)N1CCC(C)C(n2ccnc2)C1. The molecule has 0 radical (unpaired) electrons. The maximum absolute atomic E-state index is 12.5. The quantitative estimate of drug-likeness (QED) is 0.563. The van der Waals surface area contributed by atoms with Gasteiger partial charge in [0.15, 0.2) is 5.96 Å². The molecule has 1 fully saturated rings. The van der Waals surface area contributed by atoms with Crippen LogP contribution in [0, 0.1) is 5.92 Å². The molecule has 0 aliphatic carbocycles. The molecule has 30 heavy (non-hydrogen) atoms. The van der Waals surface area contributed by atoms with Crippen LogP contribution in [0.2, 0.25) is 0 Å². The number of amides is 1. The zero-order chi connectivity index (χ0) is 21.3. The number of hydrogen-bond acceptors (Lipinski definition) is 3. The summed E-state index contributed by atoms with van der Waals surface area (Å²) in [6, 6.07) is 10.4. The van der Waals surface area contributed by atoms with Crippen LogP contribution in [0.15, 0.2) is 54.0 Å². The van der Waals surface area contributed by atoms with E-state index in [-0.39, 0.29) is 5.91 Å². The number of imidazole rings is 1. The number of rotatable bonds is 7. The molecule has 0 saturated carbocycles. The van der Waals surface area contributed by atoms with Crippen molar-refractivity contribution in [2.45, 2.75) is 39.3 Å². The number of likely N-dealkylation sites (tertiary alicyclic amines) is 1. The molecule has 2 atom stereocenters. The molecule has 0 spiro atoms. The molecule has 7 heteroatoms. The Morgan fingerprint density at radius 3 is 2.83 bits per heavy atom. The number of hydrogen-bond donors (Lipinski definition) is 1. The lowest BCUT2D eigenvalue weighted by atomic mass is 9.93. The Hall–Kier alpha value is -2.83. The minimum Gasteiger partial charge on any atom is -0.357 e. The van der Waals surface area contributed by atoms with Crippen LogP contribution in [0.3, 0.4) is 0 Å². The second-order valence-corrected chi connectivity index (χ2v) is 8.01. The molecule has 2 heterocycles. The standard InChI is InChI=1S/C23H34N6O/c1-4-25-23(28-14-11-19(2)21(17-28)29-15-13-24-18-29)26-12-10-22(30)27(3)16-20-8-6-5-7-9-20/h5-9,13,15,18-19,21H,4,10-12,14,16-17H2,1-3H3,(H,25,26). The molecule has 1 aliphatic rings. The Morgan fingerprint density at radius 1 is 1.33 bits per heavy atom. The lowest BCUT2D eigenvalue weighted by molar-refractivity contribution is -0.130. The first-order valence-corrected chi connectivity index (χ1v) is 10.9. The Bertz CT molecular complexity index is 804. The third kappa shape index (κ3) is 5.84. The van der Waals surface area contributed by atoms with Crippen LogP contribution < -0.4 is 5.32 Å². The number of aromatic nitrogens is 2. The smallest absolute Gasteiger partial charge is 0.224 e. The molecule has 2 unspecified atom stereocenters. The average molecular weight is 411 g/mol. The first-order chi connectivity index (χ1) is 14.6. The number of aliphatic imine (C=N–C) groups is 1. The van der Waals surface area contributed by atoms with Crippen LogP contribution in [-0.4, -0.2) is 64.4 Å². The van der Waals surface area contributed by atoms with E-state index in [9.17, 15) is 4.79 Å². The molecular weight excluding hydrogens is 376 g/mol. The molecule has 0 bridgehead atoms. The van der Waals surface area contributed by atoms with Gasteiger partial charge in [0.25, 0.3) is 0 Å². The minimum absolute atomic E-state index is 0.113. The summed E-state index contributed by atoms with van der Waals surface area (Å²) in [6.45, 7) is 8.16. The predicted octanol–water partition coefficient (Wildman–Crippen LogP) is 2.78. The normalized spacial score (nSPS) is 19.6. The van der Waals surface area contributed by atoms with E-state index in [1.54, 1.807) is 4.90 Å². The molecule has 1 aromatic carbocycles. The molecule has 162 valence electrons. The Kier molecular flexibility index (Phi) is 7.88. The van der Waals surface area contributed by atoms with Gasteiger partial charge in [-0.2, -0.15) is 0 Å². The summed E-state index contributed by atoms with van der Waals surface area (Å²) in [4.78, 5) is 25.6. The number of nitrogens with one attached hydrogen (secondary N) is 1. The number of carbonyl (C=O) groups is 1. The number of benzene rings is 1. The second-order valence-electron chi connectivity index (χ2n) is 8.01. The lowest BCUT2D eigenvalue weighted by Crippen LogP contribution is -2.49.